The van der Waals surface area contributed by atoms with Crippen molar-refractivity contribution in [3.05, 3.63) is 0 Å². The van der Waals surface area contributed by atoms with Gasteiger partial charge in [-0.1, -0.05) is 27.2 Å². The van der Waals surface area contributed by atoms with Crippen molar-refractivity contribution in [2.45, 2.75) is 52.1 Å². The second-order valence-corrected chi connectivity index (χ2v) is 4.22. The van der Waals surface area contributed by atoms with Crippen molar-refractivity contribution in [3.8, 4) is 0 Å². The first kappa shape index (κ1) is 10.7. The second-order valence-electron chi connectivity index (χ2n) is 4.22. The Hall–Kier alpha value is -0.370. The van der Waals surface area contributed by atoms with Crippen LogP contribution in [0.3, 0.4) is 0 Å². The average molecular weight is 184 g/mol. The molecule has 2 nitrogen and oxygen atoms in total. The van der Waals surface area contributed by atoms with Crippen molar-refractivity contribution in [2.75, 3.05) is 6.61 Å². The molecule has 1 heterocycles. The van der Waals surface area contributed by atoms with Gasteiger partial charge in [0.1, 0.15) is 5.60 Å². The topological polar surface area (TPSA) is 26.3 Å². The summed E-state index contributed by atoms with van der Waals surface area (Å²) in [5.41, 5.74) is -0.414. The molecule has 0 aromatic carbocycles. The van der Waals surface area contributed by atoms with Crippen LogP contribution < -0.4 is 0 Å². The molecule has 1 rings (SSSR count). The largest absolute Gasteiger partial charge is 0.367 e. The summed E-state index contributed by atoms with van der Waals surface area (Å²) in [5.74, 6) is 0.400. The van der Waals surface area contributed by atoms with Crippen LogP contribution in [0.4, 0.5) is 0 Å². The number of rotatable bonds is 4. The van der Waals surface area contributed by atoms with Crippen molar-refractivity contribution in [1.29, 1.82) is 0 Å². The summed E-state index contributed by atoms with van der Waals surface area (Å²) in [6.07, 6.45) is 3.89. The fourth-order valence-electron chi connectivity index (χ4n) is 2.14. The van der Waals surface area contributed by atoms with E-state index < -0.39 is 5.60 Å². The molecule has 1 aliphatic rings. The summed E-state index contributed by atoms with van der Waals surface area (Å²) >= 11 is 0. The van der Waals surface area contributed by atoms with E-state index in [-0.39, 0.29) is 5.92 Å². The van der Waals surface area contributed by atoms with E-state index in [9.17, 15) is 4.79 Å². The van der Waals surface area contributed by atoms with Crippen LogP contribution in [0.15, 0.2) is 0 Å². The third kappa shape index (κ3) is 2.11. The number of ketones is 1. The van der Waals surface area contributed by atoms with Gasteiger partial charge in [-0.25, -0.2) is 0 Å². The third-order valence-corrected chi connectivity index (χ3v) is 2.73. The lowest BCUT2D eigenvalue weighted by Crippen LogP contribution is -2.40. The fraction of sp³-hybridized carbons (Fsp3) is 0.909. The molecule has 0 aliphatic carbocycles. The Labute approximate surface area is 80.7 Å². The van der Waals surface area contributed by atoms with E-state index >= 15 is 0 Å². The molecular formula is C11H20O2. The van der Waals surface area contributed by atoms with Gasteiger partial charge in [-0.3, -0.25) is 4.79 Å². The van der Waals surface area contributed by atoms with Gasteiger partial charge in [0, 0.05) is 12.5 Å². The number of hydrogen-bond donors (Lipinski definition) is 0. The van der Waals surface area contributed by atoms with Crippen molar-refractivity contribution in [2.24, 2.45) is 5.92 Å². The summed E-state index contributed by atoms with van der Waals surface area (Å²) in [6.45, 7) is 6.79. The van der Waals surface area contributed by atoms with Gasteiger partial charge < -0.3 is 4.74 Å². The summed E-state index contributed by atoms with van der Waals surface area (Å²) in [4.78, 5) is 11.9. The molecule has 0 radical (unpaired) electrons. The van der Waals surface area contributed by atoms with Crippen LogP contribution in [0.2, 0.25) is 0 Å². The lowest BCUT2D eigenvalue weighted by atomic mass is 9.84. The Morgan fingerprint density at radius 3 is 2.62 bits per heavy atom. The Morgan fingerprint density at radius 1 is 1.54 bits per heavy atom. The standard InChI is InChI=1S/C11H20O2/c1-4-6-11(7-5-8-13-11)10(12)9(2)3/h9H,4-8H2,1-3H3/t11-/m1/s1. The lowest BCUT2D eigenvalue weighted by molar-refractivity contribution is -0.143. The van der Waals surface area contributed by atoms with Crippen LogP contribution in [0.1, 0.15) is 46.5 Å². The SMILES string of the molecule is CCC[C@]1(C(=O)C(C)C)CCCO1. The Balaban J connectivity index is 2.71. The molecule has 0 spiro atoms. The lowest BCUT2D eigenvalue weighted by Gasteiger charge is -2.28. The molecule has 0 N–H and O–H groups in total. The van der Waals surface area contributed by atoms with E-state index in [1.54, 1.807) is 0 Å². The number of Topliss-reactive ketones (excluding diaryl/α,β-unsaturated/α-hetero) is 1. The highest BCUT2D eigenvalue weighted by molar-refractivity contribution is 5.89. The summed E-state index contributed by atoms with van der Waals surface area (Å²) in [7, 11) is 0. The zero-order chi connectivity index (χ0) is 9.90. The van der Waals surface area contributed by atoms with Gasteiger partial charge in [-0.2, -0.15) is 0 Å². The number of carbonyl (C=O) groups excluding carboxylic acids is 1. The Kier molecular flexibility index (Phi) is 3.48. The Morgan fingerprint density at radius 2 is 2.23 bits per heavy atom. The molecule has 2 heteroatoms. The molecular weight excluding hydrogens is 164 g/mol. The molecule has 1 aliphatic heterocycles. The smallest absolute Gasteiger partial charge is 0.167 e. The summed E-state index contributed by atoms with van der Waals surface area (Å²) in [6, 6.07) is 0. The van der Waals surface area contributed by atoms with Crippen molar-refractivity contribution in [1.82, 2.24) is 0 Å². The van der Waals surface area contributed by atoms with Crippen LogP contribution in [0.5, 0.6) is 0 Å². The van der Waals surface area contributed by atoms with E-state index in [1.807, 2.05) is 13.8 Å². The predicted molar refractivity (Wildman–Crippen MR) is 52.7 cm³/mol. The van der Waals surface area contributed by atoms with E-state index in [4.69, 9.17) is 4.74 Å². The first-order chi connectivity index (χ1) is 6.12. The summed E-state index contributed by atoms with van der Waals surface area (Å²) in [5, 5.41) is 0. The van der Waals surface area contributed by atoms with E-state index in [0.29, 0.717) is 5.78 Å². The van der Waals surface area contributed by atoms with Gasteiger partial charge in [-0.15, -0.1) is 0 Å². The first-order valence-corrected chi connectivity index (χ1v) is 5.30. The normalized spacial score (nSPS) is 28.3. The highest BCUT2D eigenvalue weighted by Crippen LogP contribution is 2.33. The summed E-state index contributed by atoms with van der Waals surface area (Å²) < 4.78 is 5.65. The van der Waals surface area contributed by atoms with Crippen LogP contribution in [-0.4, -0.2) is 18.0 Å². The Bertz CT molecular complexity index is 179. The van der Waals surface area contributed by atoms with E-state index in [2.05, 4.69) is 6.92 Å². The minimum absolute atomic E-state index is 0.102. The van der Waals surface area contributed by atoms with Gasteiger partial charge in [0.2, 0.25) is 0 Å². The average Bonchev–Trinajstić information content (AvgIpc) is 2.53. The maximum Gasteiger partial charge on any atom is 0.167 e. The predicted octanol–water partition coefficient (Wildman–Crippen LogP) is 2.56. The van der Waals surface area contributed by atoms with E-state index in [1.165, 1.54) is 0 Å². The first-order valence-electron chi connectivity index (χ1n) is 5.30. The molecule has 13 heavy (non-hydrogen) atoms. The molecule has 1 atom stereocenters. The van der Waals surface area contributed by atoms with E-state index in [0.717, 1.165) is 32.3 Å². The number of ether oxygens (including phenoxy) is 1. The third-order valence-electron chi connectivity index (χ3n) is 2.73. The maximum atomic E-state index is 11.9. The van der Waals surface area contributed by atoms with Crippen molar-refractivity contribution >= 4 is 5.78 Å². The van der Waals surface area contributed by atoms with Gasteiger partial charge in [-0.05, 0) is 19.3 Å². The molecule has 76 valence electrons. The van der Waals surface area contributed by atoms with Crippen LogP contribution in [0, 0.1) is 5.92 Å². The van der Waals surface area contributed by atoms with Crippen molar-refractivity contribution < 1.29 is 9.53 Å². The fourth-order valence-corrected chi connectivity index (χ4v) is 2.14. The molecule has 1 saturated heterocycles. The number of hydrogen-bond acceptors (Lipinski definition) is 2. The number of carbonyl (C=O) groups is 1. The maximum absolute atomic E-state index is 11.9. The molecule has 0 unspecified atom stereocenters. The zero-order valence-corrected chi connectivity index (χ0v) is 8.93. The van der Waals surface area contributed by atoms with Crippen LogP contribution in [-0.2, 0) is 9.53 Å². The molecule has 0 amide bonds. The molecule has 1 fully saturated rings. The highest BCUT2D eigenvalue weighted by atomic mass is 16.5. The van der Waals surface area contributed by atoms with Gasteiger partial charge >= 0.3 is 0 Å². The molecule has 0 saturated carbocycles. The monoisotopic (exact) mass is 184 g/mol. The van der Waals surface area contributed by atoms with Crippen molar-refractivity contribution in [3.63, 3.8) is 0 Å². The second kappa shape index (κ2) is 4.23. The minimum atomic E-state index is -0.414. The van der Waals surface area contributed by atoms with Gasteiger partial charge in [0.15, 0.2) is 5.78 Å². The quantitative estimate of drug-likeness (QED) is 0.671. The highest BCUT2D eigenvalue weighted by Gasteiger charge is 2.42. The van der Waals surface area contributed by atoms with Gasteiger partial charge in [0.25, 0.3) is 0 Å². The minimum Gasteiger partial charge on any atom is -0.367 e. The molecule has 0 aromatic rings. The molecule has 0 aromatic heterocycles. The molecule has 0 bridgehead atoms. The van der Waals surface area contributed by atoms with Crippen LogP contribution >= 0.6 is 0 Å². The van der Waals surface area contributed by atoms with Crippen LogP contribution in [0.25, 0.3) is 0 Å². The van der Waals surface area contributed by atoms with Gasteiger partial charge in [0.05, 0.1) is 0 Å². The zero-order valence-electron chi connectivity index (χ0n) is 8.93.